The van der Waals surface area contributed by atoms with Crippen molar-refractivity contribution in [1.29, 1.82) is 0 Å². The number of hydrogen-bond donors (Lipinski definition) is 0. The van der Waals surface area contributed by atoms with E-state index in [1.165, 1.54) is 31.7 Å². The van der Waals surface area contributed by atoms with Gasteiger partial charge in [-0.3, -0.25) is 4.39 Å². The molecule has 0 amide bonds. The molecule has 0 saturated heterocycles. The molecule has 2 aliphatic rings. The topological polar surface area (TPSA) is 9.23 Å². The first kappa shape index (κ1) is 22.0. The van der Waals surface area contributed by atoms with Crippen molar-refractivity contribution >= 4 is 5.57 Å². The average Bonchev–Trinajstić information content (AvgIpc) is 2.75. The molecule has 0 radical (unpaired) electrons. The summed E-state index contributed by atoms with van der Waals surface area (Å²) in [5.74, 6) is 0.321. The summed E-state index contributed by atoms with van der Waals surface area (Å²) in [7, 11) is 0. The Balaban J connectivity index is 1.54. The van der Waals surface area contributed by atoms with E-state index in [-0.39, 0.29) is 12.4 Å². The van der Waals surface area contributed by atoms with Crippen molar-refractivity contribution in [2.24, 2.45) is 17.8 Å². The lowest BCUT2D eigenvalue weighted by atomic mass is 9.71. The minimum atomic E-state index is -0.884. The van der Waals surface area contributed by atoms with E-state index in [2.05, 4.69) is 18.2 Å². The fourth-order valence-corrected chi connectivity index (χ4v) is 4.87. The van der Waals surface area contributed by atoms with Gasteiger partial charge in [0.2, 0.25) is 5.82 Å². The number of alkyl halides is 1. The number of allylic oxidation sites excluding steroid dienone is 4. The molecule has 1 atom stereocenters. The van der Waals surface area contributed by atoms with Gasteiger partial charge in [-0.15, -0.1) is 0 Å². The largest absolute Gasteiger partial charge is 0.491 e. The molecule has 1 unspecified atom stereocenters. The smallest absolute Gasteiger partial charge is 0.201 e. The molecule has 1 fully saturated rings. The Morgan fingerprint density at radius 3 is 2.48 bits per heavy atom. The Morgan fingerprint density at radius 2 is 1.83 bits per heavy atom. The van der Waals surface area contributed by atoms with E-state index < -0.39 is 11.6 Å². The molecule has 1 saturated carbocycles. The first-order chi connectivity index (χ1) is 14.1. The molecule has 1 nitrogen and oxygen atoms in total. The fourth-order valence-electron chi connectivity index (χ4n) is 4.87. The first-order valence-electron chi connectivity index (χ1n) is 11.2. The molecule has 0 aromatic heterocycles. The lowest BCUT2D eigenvalue weighted by Crippen LogP contribution is -2.22. The van der Waals surface area contributed by atoms with Crippen LogP contribution < -0.4 is 4.74 Å². The molecule has 4 heteroatoms. The zero-order valence-electron chi connectivity index (χ0n) is 17.4. The number of unbranched alkanes of at least 4 members (excludes halogenated alkanes) is 1. The van der Waals surface area contributed by atoms with Gasteiger partial charge in [0.05, 0.1) is 13.3 Å². The van der Waals surface area contributed by atoms with E-state index in [9.17, 15) is 13.2 Å². The molecule has 0 N–H and O–H groups in total. The quantitative estimate of drug-likeness (QED) is 0.318. The molecule has 29 heavy (non-hydrogen) atoms. The molecule has 0 aliphatic heterocycles. The molecule has 0 bridgehead atoms. The van der Waals surface area contributed by atoms with Crippen molar-refractivity contribution in [1.82, 2.24) is 0 Å². The highest BCUT2D eigenvalue weighted by Gasteiger charge is 2.29. The van der Waals surface area contributed by atoms with Crippen LogP contribution in [0.15, 0.2) is 30.4 Å². The highest BCUT2D eigenvalue weighted by molar-refractivity contribution is 5.67. The van der Waals surface area contributed by atoms with Gasteiger partial charge < -0.3 is 4.74 Å². The maximum absolute atomic E-state index is 14.5. The summed E-state index contributed by atoms with van der Waals surface area (Å²) >= 11 is 0. The summed E-state index contributed by atoms with van der Waals surface area (Å²) < 4.78 is 46.0. The van der Waals surface area contributed by atoms with E-state index in [1.54, 1.807) is 13.0 Å². The molecular weight excluding hydrogens is 373 g/mol. The van der Waals surface area contributed by atoms with Gasteiger partial charge in [0.1, 0.15) is 0 Å². The summed E-state index contributed by atoms with van der Waals surface area (Å²) in [5, 5.41) is 0. The number of rotatable bonds is 8. The SMILES string of the molecule is CCOc1ccc(C2=CCC(C3CCC(/C=C/CCCF)CC3)CC2)c(F)c1F. The predicted octanol–water partition coefficient (Wildman–Crippen LogP) is 7.66. The third kappa shape index (κ3) is 5.67. The van der Waals surface area contributed by atoms with Crippen molar-refractivity contribution in [3.63, 3.8) is 0 Å². The van der Waals surface area contributed by atoms with Crippen LogP contribution in [0.4, 0.5) is 13.2 Å². The van der Waals surface area contributed by atoms with Crippen LogP contribution in [0.3, 0.4) is 0 Å². The third-order valence-electron chi connectivity index (χ3n) is 6.54. The predicted molar refractivity (Wildman–Crippen MR) is 113 cm³/mol. The van der Waals surface area contributed by atoms with E-state index in [0.29, 0.717) is 30.4 Å². The Labute approximate surface area is 173 Å². The third-order valence-corrected chi connectivity index (χ3v) is 6.54. The van der Waals surface area contributed by atoms with Gasteiger partial charge in [0, 0.05) is 5.56 Å². The normalized spacial score (nSPS) is 25.2. The Morgan fingerprint density at radius 1 is 1.03 bits per heavy atom. The highest BCUT2D eigenvalue weighted by Crippen LogP contribution is 2.42. The van der Waals surface area contributed by atoms with Crippen LogP contribution in [0.25, 0.3) is 5.57 Å². The Hall–Kier alpha value is -1.71. The molecule has 1 aromatic rings. The van der Waals surface area contributed by atoms with E-state index >= 15 is 0 Å². The van der Waals surface area contributed by atoms with E-state index in [0.717, 1.165) is 37.2 Å². The monoisotopic (exact) mass is 406 g/mol. The molecule has 0 heterocycles. The second-order valence-electron chi connectivity index (χ2n) is 8.37. The van der Waals surface area contributed by atoms with Gasteiger partial charge in [-0.2, -0.15) is 4.39 Å². The van der Waals surface area contributed by atoms with Gasteiger partial charge >= 0.3 is 0 Å². The minimum absolute atomic E-state index is 0.0152. The second kappa shape index (κ2) is 10.9. The number of benzene rings is 1. The standard InChI is InChI=1S/C25H33F3O/c1-2-29-23-16-15-22(24(27)25(23)28)21-13-11-20(12-14-21)19-9-7-18(8-10-19)6-4-3-5-17-26/h4,6,13,15-16,18-20H,2-3,5,7-12,14,17H2,1H3/b6-4+. The molecule has 1 aromatic carbocycles. The van der Waals surface area contributed by atoms with Crippen LogP contribution in [-0.2, 0) is 0 Å². The summed E-state index contributed by atoms with van der Waals surface area (Å²) in [4.78, 5) is 0. The Bertz CT molecular complexity index is 717. The molecule has 0 spiro atoms. The number of ether oxygens (including phenoxy) is 1. The summed E-state index contributed by atoms with van der Waals surface area (Å²) in [5.41, 5.74) is 1.30. The lowest BCUT2D eigenvalue weighted by molar-refractivity contribution is 0.212. The zero-order valence-corrected chi connectivity index (χ0v) is 17.4. The van der Waals surface area contributed by atoms with Gasteiger partial charge in [0.25, 0.3) is 0 Å². The maximum Gasteiger partial charge on any atom is 0.201 e. The molecule has 160 valence electrons. The van der Waals surface area contributed by atoms with Crippen LogP contribution in [0, 0.1) is 29.4 Å². The summed E-state index contributed by atoms with van der Waals surface area (Å²) in [6.45, 7) is 1.84. The van der Waals surface area contributed by atoms with Crippen LogP contribution in [0.2, 0.25) is 0 Å². The first-order valence-corrected chi connectivity index (χ1v) is 11.2. The highest BCUT2D eigenvalue weighted by atomic mass is 19.2. The van der Waals surface area contributed by atoms with E-state index in [4.69, 9.17) is 4.74 Å². The van der Waals surface area contributed by atoms with Crippen molar-refractivity contribution in [3.05, 3.63) is 47.6 Å². The zero-order chi connectivity index (χ0) is 20.6. The van der Waals surface area contributed by atoms with Crippen LogP contribution >= 0.6 is 0 Å². The maximum atomic E-state index is 14.5. The van der Waals surface area contributed by atoms with Crippen molar-refractivity contribution in [2.75, 3.05) is 13.3 Å². The minimum Gasteiger partial charge on any atom is -0.491 e. The van der Waals surface area contributed by atoms with Crippen LogP contribution in [0.1, 0.15) is 70.3 Å². The van der Waals surface area contributed by atoms with Gasteiger partial charge in [-0.05, 0) is 100 Å². The molecule has 2 aliphatic carbocycles. The van der Waals surface area contributed by atoms with Crippen molar-refractivity contribution in [2.45, 2.75) is 64.7 Å². The summed E-state index contributed by atoms with van der Waals surface area (Å²) in [6.07, 6.45) is 15.7. The number of hydrogen-bond acceptors (Lipinski definition) is 1. The van der Waals surface area contributed by atoms with Crippen molar-refractivity contribution in [3.8, 4) is 5.75 Å². The van der Waals surface area contributed by atoms with Crippen LogP contribution in [0.5, 0.6) is 5.75 Å². The van der Waals surface area contributed by atoms with Crippen molar-refractivity contribution < 1.29 is 17.9 Å². The summed E-state index contributed by atoms with van der Waals surface area (Å²) in [6, 6.07) is 3.18. The second-order valence-corrected chi connectivity index (χ2v) is 8.37. The fraction of sp³-hybridized carbons (Fsp3) is 0.600. The molecular formula is C25H33F3O. The van der Waals surface area contributed by atoms with Crippen LogP contribution in [-0.4, -0.2) is 13.3 Å². The molecule has 3 rings (SSSR count). The van der Waals surface area contributed by atoms with E-state index in [1.807, 2.05) is 0 Å². The average molecular weight is 407 g/mol. The van der Waals surface area contributed by atoms with Gasteiger partial charge in [-0.25, -0.2) is 4.39 Å². The Kier molecular flexibility index (Phi) is 8.26. The van der Waals surface area contributed by atoms with Gasteiger partial charge in [0.15, 0.2) is 11.6 Å². The number of halogens is 3. The van der Waals surface area contributed by atoms with Gasteiger partial charge in [-0.1, -0.05) is 18.2 Å². The lowest BCUT2D eigenvalue weighted by Gasteiger charge is -2.35.